The van der Waals surface area contributed by atoms with Crippen LogP contribution < -0.4 is 5.32 Å². The number of rotatable bonds is 6. The van der Waals surface area contributed by atoms with Crippen molar-refractivity contribution in [3.05, 3.63) is 35.4 Å². The van der Waals surface area contributed by atoms with Gasteiger partial charge in [-0.05, 0) is 39.2 Å². The topological polar surface area (TPSA) is 69.7 Å². The highest BCUT2D eigenvalue weighted by Gasteiger charge is 2.36. The highest BCUT2D eigenvalue weighted by Crippen LogP contribution is 2.21. The minimum absolute atomic E-state index is 0. The molecule has 120 valence electrons. The van der Waals surface area contributed by atoms with Gasteiger partial charge in [0.05, 0.1) is 11.1 Å². The molecule has 7 heteroatoms. The molecule has 0 aromatic heterocycles. The lowest BCUT2D eigenvalue weighted by atomic mass is 10.1. The normalized spacial score (nSPS) is 13.1. The lowest BCUT2D eigenvalue weighted by molar-refractivity contribution is -0.121. The van der Waals surface area contributed by atoms with Gasteiger partial charge in [-0.3, -0.25) is 19.3 Å². The Morgan fingerprint density at radius 2 is 1.68 bits per heavy atom. The van der Waals surface area contributed by atoms with Crippen molar-refractivity contribution in [1.82, 2.24) is 15.1 Å². The predicted octanol–water partition coefficient (Wildman–Crippen LogP) is 0.772. The maximum absolute atomic E-state index is 12.1. The van der Waals surface area contributed by atoms with Crippen molar-refractivity contribution in [3.63, 3.8) is 0 Å². The van der Waals surface area contributed by atoms with E-state index in [1.807, 2.05) is 19.0 Å². The molecule has 2 rings (SSSR count). The summed E-state index contributed by atoms with van der Waals surface area (Å²) in [5.74, 6) is -1.12. The minimum Gasteiger partial charge on any atom is -0.354 e. The Morgan fingerprint density at radius 3 is 2.18 bits per heavy atom. The molecule has 1 heterocycles. The molecule has 3 amide bonds. The van der Waals surface area contributed by atoms with Crippen LogP contribution >= 0.6 is 12.4 Å². The van der Waals surface area contributed by atoms with Gasteiger partial charge in [-0.1, -0.05) is 12.1 Å². The predicted molar refractivity (Wildman–Crippen MR) is 85.2 cm³/mol. The Kier molecular flexibility index (Phi) is 6.52. The van der Waals surface area contributed by atoms with Gasteiger partial charge in [0, 0.05) is 6.54 Å². The Labute approximate surface area is 135 Å². The number of carbonyl (C=O) groups excluding carboxylic acids is 3. The van der Waals surface area contributed by atoms with Crippen LogP contribution in [0.3, 0.4) is 0 Å². The second-order valence-corrected chi connectivity index (χ2v) is 5.25. The lowest BCUT2D eigenvalue weighted by Gasteiger charge is -2.14. The third kappa shape index (κ3) is 4.05. The first-order valence-corrected chi connectivity index (χ1v) is 6.87. The van der Waals surface area contributed by atoms with Crippen LogP contribution in [0.1, 0.15) is 27.1 Å². The summed E-state index contributed by atoms with van der Waals surface area (Å²) in [5, 5.41) is 2.72. The number of hydrogen-bond acceptors (Lipinski definition) is 4. The van der Waals surface area contributed by atoms with Crippen molar-refractivity contribution < 1.29 is 14.4 Å². The standard InChI is InChI=1S/C15H19N3O3.ClH/c1-17(2)9-5-8-16-13(19)10-18-14(20)11-6-3-4-7-12(11)15(18)21;/h3-4,6-7H,5,8-10H2,1-2H3,(H,16,19);1H. The van der Waals surface area contributed by atoms with Crippen molar-refractivity contribution >= 4 is 30.1 Å². The number of imide groups is 1. The number of hydrogen-bond donors (Lipinski definition) is 1. The minimum atomic E-state index is -0.404. The zero-order valence-corrected chi connectivity index (χ0v) is 13.5. The molecule has 0 saturated carbocycles. The summed E-state index contributed by atoms with van der Waals surface area (Å²) >= 11 is 0. The molecule has 0 atom stereocenters. The van der Waals surface area contributed by atoms with Crippen molar-refractivity contribution in [2.75, 3.05) is 33.7 Å². The molecule has 1 aliphatic rings. The van der Waals surface area contributed by atoms with E-state index in [2.05, 4.69) is 5.32 Å². The van der Waals surface area contributed by atoms with Crippen LogP contribution in [0.5, 0.6) is 0 Å². The smallest absolute Gasteiger partial charge is 0.262 e. The largest absolute Gasteiger partial charge is 0.354 e. The molecule has 1 N–H and O–H groups in total. The third-order valence-corrected chi connectivity index (χ3v) is 3.28. The molecule has 0 spiro atoms. The first-order chi connectivity index (χ1) is 10.0. The SMILES string of the molecule is CN(C)CCCNC(=O)CN1C(=O)c2ccccc2C1=O.Cl. The molecule has 1 aromatic rings. The average Bonchev–Trinajstić information content (AvgIpc) is 2.69. The molecule has 0 bridgehead atoms. The number of amides is 3. The van der Waals surface area contributed by atoms with Crippen LogP contribution in [0.4, 0.5) is 0 Å². The van der Waals surface area contributed by atoms with Crippen molar-refractivity contribution in [2.45, 2.75) is 6.42 Å². The van der Waals surface area contributed by atoms with E-state index >= 15 is 0 Å². The summed E-state index contributed by atoms with van der Waals surface area (Å²) in [6.07, 6.45) is 0.820. The van der Waals surface area contributed by atoms with Crippen LogP contribution in [-0.2, 0) is 4.79 Å². The van der Waals surface area contributed by atoms with E-state index in [1.165, 1.54) is 0 Å². The quantitative estimate of drug-likeness (QED) is 0.619. The number of carbonyl (C=O) groups is 3. The average molecular weight is 326 g/mol. The van der Waals surface area contributed by atoms with Crippen molar-refractivity contribution in [2.24, 2.45) is 0 Å². The van der Waals surface area contributed by atoms with E-state index in [0.29, 0.717) is 17.7 Å². The van der Waals surface area contributed by atoms with E-state index in [-0.39, 0.29) is 24.9 Å². The van der Waals surface area contributed by atoms with Crippen LogP contribution in [0.25, 0.3) is 0 Å². The monoisotopic (exact) mass is 325 g/mol. The molecule has 22 heavy (non-hydrogen) atoms. The Balaban J connectivity index is 0.00000242. The highest BCUT2D eigenvalue weighted by molar-refractivity contribution is 6.22. The zero-order valence-electron chi connectivity index (χ0n) is 12.7. The first kappa shape index (κ1) is 18.1. The van der Waals surface area contributed by atoms with Gasteiger partial charge in [-0.25, -0.2) is 0 Å². The van der Waals surface area contributed by atoms with Crippen LogP contribution in [-0.4, -0.2) is 61.3 Å². The van der Waals surface area contributed by atoms with Crippen LogP contribution in [0.15, 0.2) is 24.3 Å². The van der Waals surface area contributed by atoms with Gasteiger partial charge in [0.25, 0.3) is 11.8 Å². The lowest BCUT2D eigenvalue weighted by Crippen LogP contribution is -2.40. The van der Waals surface area contributed by atoms with Gasteiger partial charge in [0.15, 0.2) is 0 Å². The molecule has 0 aliphatic carbocycles. The van der Waals surface area contributed by atoms with Crippen LogP contribution in [0.2, 0.25) is 0 Å². The fourth-order valence-corrected chi connectivity index (χ4v) is 2.21. The number of benzene rings is 1. The van der Waals surface area contributed by atoms with Gasteiger partial charge in [-0.15, -0.1) is 12.4 Å². The van der Waals surface area contributed by atoms with Gasteiger partial charge >= 0.3 is 0 Å². The Hall–Kier alpha value is -1.92. The van der Waals surface area contributed by atoms with Gasteiger partial charge < -0.3 is 10.2 Å². The maximum Gasteiger partial charge on any atom is 0.262 e. The Morgan fingerprint density at radius 1 is 1.14 bits per heavy atom. The van der Waals surface area contributed by atoms with Crippen LogP contribution in [0, 0.1) is 0 Å². The maximum atomic E-state index is 12.1. The van der Waals surface area contributed by atoms with E-state index in [9.17, 15) is 14.4 Å². The molecular formula is C15H20ClN3O3. The summed E-state index contributed by atoms with van der Waals surface area (Å²) in [7, 11) is 3.92. The number of nitrogens with zero attached hydrogens (tertiary/aromatic N) is 2. The fraction of sp³-hybridized carbons (Fsp3) is 0.400. The Bertz CT molecular complexity index is 540. The van der Waals surface area contributed by atoms with E-state index in [1.54, 1.807) is 24.3 Å². The molecule has 6 nitrogen and oxygen atoms in total. The summed E-state index contributed by atoms with van der Waals surface area (Å²) in [4.78, 5) is 39.0. The number of nitrogens with one attached hydrogen (secondary N) is 1. The molecule has 1 aromatic carbocycles. The van der Waals surface area contributed by atoms with Gasteiger partial charge in [-0.2, -0.15) is 0 Å². The summed E-state index contributed by atoms with van der Waals surface area (Å²) in [6, 6.07) is 6.61. The number of fused-ring (bicyclic) bond motifs is 1. The molecular weight excluding hydrogens is 306 g/mol. The summed E-state index contributed by atoms with van der Waals surface area (Å²) < 4.78 is 0. The number of halogens is 1. The van der Waals surface area contributed by atoms with E-state index in [4.69, 9.17) is 0 Å². The second-order valence-electron chi connectivity index (χ2n) is 5.25. The van der Waals surface area contributed by atoms with E-state index < -0.39 is 11.8 Å². The molecule has 0 unspecified atom stereocenters. The summed E-state index contributed by atoms with van der Waals surface area (Å²) in [5.41, 5.74) is 0.728. The summed E-state index contributed by atoms with van der Waals surface area (Å²) in [6.45, 7) is 1.17. The molecule has 0 radical (unpaired) electrons. The molecule has 0 fully saturated rings. The third-order valence-electron chi connectivity index (χ3n) is 3.28. The van der Waals surface area contributed by atoms with Gasteiger partial charge in [0.2, 0.25) is 5.91 Å². The molecule has 0 saturated heterocycles. The van der Waals surface area contributed by atoms with Crippen molar-refractivity contribution in [1.29, 1.82) is 0 Å². The zero-order chi connectivity index (χ0) is 15.4. The fourth-order valence-electron chi connectivity index (χ4n) is 2.21. The highest BCUT2D eigenvalue weighted by atomic mass is 35.5. The van der Waals surface area contributed by atoms with Crippen molar-refractivity contribution in [3.8, 4) is 0 Å². The second kappa shape index (κ2) is 7.91. The molecule has 1 aliphatic heterocycles. The first-order valence-electron chi connectivity index (χ1n) is 6.87. The van der Waals surface area contributed by atoms with Gasteiger partial charge in [0.1, 0.15) is 6.54 Å². The van der Waals surface area contributed by atoms with E-state index in [0.717, 1.165) is 17.9 Å².